The minimum atomic E-state index is 0.699. The molecule has 0 saturated heterocycles. The van der Waals surface area contributed by atoms with Crippen LogP contribution >= 0.6 is 0 Å². The first-order chi connectivity index (χ1) is 15.2. The van der Waals surface area contributed by atoms with E-state index in [1.54, 1.807) is 0 Å². The largest absolute Gasteiger partial charge is 0.449 e. The van der Waals surface area contributed by atoms with E-state index in [1.807, 2.05) is 42.5 Å². The van der Waals surface area contributed by atoms with E-state index in [-0.39, 0.29) is 0 Å². The molecule has 0 spiro atoms. The molecule has 31 heavy (non-hydrogen) atoms. The molecule has 3 heterocycles. The highest BCUT2D eigenvalue weighted by Gasteiger charge is 2.33. The average molecular weight is 405 g/mol. The van der Waals surface area contributed by atoms with Crippen molar-refractivity contribution in [1.29, 1.82) is 0 Å². The fourth-order valence-electron chi connectivity index (χ4n) is 4.35. The van der Waals surface area contributed by atoms with Crippen LogP contribution in [0.4, 0.5) is 17.3 Å². The van der Waals surface area contributed by atoms with Gasteiger partial charge in [0.15, 0.2) is 23.3 Å². The van der Waals surface area contributed by atoms with E-state index in [0.717, 1.165) is 50.7 Å². The van der Waals surface area contributed by atoms with E-state index in [1.165, 1.54) is 0 Å². The summed E-state index contributed by atoms with van der Waals surface area (Å²) in [4.78, 5) is 2.14. The van der Waals surface area contributed by atoms with Crippen LogP contribution in [0.25, 0.3) is 22.2 Å². The summed E-state index contributed by atoms with van der Waals surface area (Å²) in [6.45, 7) is 2.12. The van der Waals surface area contributed by atoms with Crippen LogP contribution in [0.15, 0.2) is 95.5 Å². The van der Waals surface area contributed by atoms with Crippen molar-refractivity contribution >= 4 is 28.2 Å². The lowest BCUT2D eigenvalue weighted by Crippen LogP contribution is -2.30. The van der Waals surface area contributed by atoms with Crippen molar-refractivity contribution in [3.05, 3.63) is 96.7 Å². The molecule has 1 aliphatic heterocycles. The van der Waals surface area contributed by atoms with Gasteiger partial charge in [0.05, 0.1) is 16.6 Å². The van der Waals surface area contributed by atoms with Gasteiger partial charge in [-0.3, -0.25) is 4.90 Å². The summed E-state index contributed by atoms with van der Waals surface area (Å²) < 4.78 is 15.1. The summed E-state index contributed by atoms with van der Waals surface area (Å²) in [6, 6.07) is 28.8. The second kappa shape index (κ2) is 6.74. The Labute approximate surface area is 180 Å². The number of hydrogen-bond acceptors (Lipinski definition) is 3. The lowest BCUT2D eigenvalue weighted by atomic mass is 10.0. The highest BCUT2D eigenvalue weighted by molar-refractivity contribution is 6.02. The topological polar surface area (TPSA) is 29.5 Å². The van der Waals surface area contributed by atoms with Gasteiger partial charge in [-0.15, -0.1) is 0 Å². The van der Waals surface area contributed by atoms with Crippen LogP contribution in [0.2, 0.25) is 0 Å². The van der Waals surface area contributed by atoms with Gasteiger partial charge < -0.3 is 9.15 Å². The number of aromatic nitrogens is 1. The van der Waals surface area contributed by atoms with Crippen LogP contribution in [0.5, 0.6) is 11.5 Å². The van der Waals surface area contributed by atoms with Gasteiger partial charge in [0, 0.05) is 17.8 Å². The van der Waals surface area contributed by atoms with Crippen molar-refractivity contribution in [3.63, 3.8) is 0 Å². The van der Waals surface area contributed by atoms with Crippen LogP contribution in [0.3, 0.4) is 0 Å². The summed E-state index contributed by atoms with van der Waals surface area (Å²) in [6.07, 6.45) is 2.05. The Morgan fingerprint density at radius 1 is 0.806 bits per heavy atom. The number of fused-ring (bicyclic) bond motifs is 4. The van der Waals surface area contributed by atoms with Crippen LogP contribution in [0.1, 0.15) is 5.56 Å². The number of rotatable bonds is 2. The molecule has 0 N–H and O–H groups in total. The van der Waals surface area contributed by atoms with Gasteiger partial charge in [-0.2, -0.15) is 0 Å². The van der Waals surface area contributed by atoms with Gasteiger partial charge in [-0.1, -0.05) is 36.4 Å². The zero-order chi connectivity index (χ0) is 20.9. The molecule has 0 unspecified atom stereocenters. The van der Waals surface area contributed by atoms with Crippen molar-refractivity contribution in [1.82, 2.24) is 0 Å². The minimum Gasteiger partial charge on any atom is -0.449 e. The Hall–Kier alpha value is -4.05. The molecule has 0 saturated carbocycles. The van der Waals surface area contributed by atoms with E-state index in [4.69, 9.17) is 9.15 Å². The minimum absolute atomic E-state index is 0.699. The molecule has 0 aliphatic carbocycles. The number of ether oxygens (including phenoxy) is 1. The monoisotopic (exact) mass is 405 g/mol. The third-order valence-electron chi connectivity index (χ3n) is 5.85. The van der Waals surface area contributed by atoms with Crippen molar-refractivity contribution in [2.45, 2.75) is 6.92 Å². The Bertz CT molecular complexity index is 1440. The lowest BCUT2D eigenvalue weighted by Gasteiger charge is -2.29. The molecular weight excluding hydrogens is 384 g/mol. The zero-order valence-corrected chi connectivity index (χ0v) is 17.4. The van der Waals surface area contributed by atoms with Gasteiger partial charge in [0.1, 0.15) is 7.05 Å². The number of nitrogens with zero attached hydrogens (tertiary/aromatic N) is 2. The quantitative estimate of drug-likeness (QED) is 0.296. The first-order valence-electron chi connectivity index (χ1n) is 10.4. The maximum atomic E-state index is 6.62. The number of hydrogen-bond donors (Lipinski definition) is 0. The average Bonchev–Trinajstić information content (AvgIpc) is 3.16. The van der Waals surface area contributed by atoms with E-state index in [2.05, 4.69) is 72.1 Å². The third-order valence-corrected chi connectivity index (χ3v) is 5.85. The fourth-order valence-corrected chi connectivity index (χ4v) is 4.35. The van der Waals surface area contributed by atoms with E-state index >= 15 is 0 Å². The zero-order valence-electron chi connectivity index (χ0n) is 17.4. The summed E-state index contributed by atoms with van der Waals surface area (Å²) in [7, 11) is 2.05. The van der Waals surface area contributed by atoms with E-state index < -0.39 is 0 Å². The Balaban J connectivity index is 1.68. The van der Waals surface area contributed by atoms with Crippen LogP contribution in [-0.2, 0) is 7.05 Å². The van der Waals surface area contributed by atoms with Crippen molar-refractivity contribution in [2.24, 2.45) is 7.05 Å². The molecule has 0 bridgehead atoms. The standard InChI is InChI=1S/C27H21N2O2/c1-18-15-16-20-25(24(18)22-13-8-9-17-28(22)2)31-27-26(20)30-23-14-7-6-12-21(23)29(27)19-10-4-3-5-11-19/h3-17H,1-2H3/q+1. The SMILES string of the molecule is Cc1ccc2c3c(oc2c1-c1cccc[n+]1C)N(c1ccccc1)c1ccccc1O3. The van der Waals surface area contributed by atoms with Crippen LogP contribution in [0, 0.1) is 6.92 Å². The van der Waals surface area contributed by atoms with E-state index in [9.17, 15) is 0 Å². The molecule has 3 aromatic carbocycles. The molecule has 0 amide bonds. The van der Waals surface area contributed by atoms with Crippen molar-refractivity contribution in [3.8, 4) is 22.8 Å². The number of aryl methyl sites for hydroxylation is 2. The highest BCUT2D eigenvalue weighted by Crippen LogP contribution is 2.55. The number of benzene rings is 3. The molecule has 150 valence electrons. The predicted octanol–water partition coefficient (Wildman–Crippen LogP) is 6.81. The molecule has 0 radical (unpaired) electrons. The normalized spacial score (nSPS) is 12.4. The molecule has 5 aromatic rings. The molecule has 1 aliphatic rings. The lowest BCUT2D eigenvalue weighted by molar-refractivity contribution is -0.660. The van der Waals surface area contributed by atoms with Crippen LogP contribution < -0.4 is 14.2 Å². The van der Waals surface area contributed by atoms with Gasteiger partial charge in [-0.05, 0) is 48.9 Å². The van der Waals surface area contributed by atoms with Crippen molar-refractivity contribution < 1.29 is 13.7 Å². The molecule has 4 heteroatoms. The molecule has 4 nitrogen and oxygen atoms in total. The predicted molar refractivity (Wildman–Crippen MR) is 122 cm³/mol. The summed E-state index contributed by atoms with van der Waals surface area (Å²) in [5.74, 6) is 2.26. The summed E-state index contributed by atoms with van der Waals surface area (Å²) in [5.41, 5.74) is 6.16. The van der Waals surface area contributed by atoms with Gasteiger partial charge in [-0.25, -0.2) is 4.57 Å². The second-order valence-electron chi connectivity index (χ2n) is 7.81. The maximum absolute atomic E-state index is 6.62. The summed E-state index contributed by atoms with van der Waals surface area (Å²) >= 11 is 0. The highest BCUT2D eigenvalue weighted by atomic mass is 16.5. The number of para-hydroxylation sites is 3. The molecular formula is C27H21N2O2+. The molecule has 0 atom stereocenters. The maximum Gasteiger partial charge on any atom is 0.249 e. The molecule has 2 aromatic heterocycles. The second-order valence-corrected chi connectivity index (χ2v) is 7.81. The molecule has 6 rings (SSSR count). The number of pyridine rings is 1. The van der Waals surface area contributed by atoms with Crippen molar-refractivity contribution in [2.75, 3.05) is 4.90 Å². The number of anilines is 3. The molecule has 0 fully saturated rings. The summed E-state index contributed by atoms with van der Waals surface area (Å²) in [5, 5.41) is 0.967. The smallest absolute Gasteiger partial charge is 0.249 e. The Morgan fingerprint density at radius 2 is 1.58 bits per heavy atom. The third kappa shape index (κ3) is 2.65. The first kappa shape index (κ1) is 17.8. The van der Waals surface area contributed by atoms with Gasteiger partial charge in [0.2, 0.25) is 11.6 Å². The van der Waals surface area contributed by atoms with Crippen LogP contribution in [-0.4, -0.2) is 0 Å². The van der Waals surface area contributed by atoms with Gasteiger partial charge >= 0.3 is 0 Å². The van der Waals surface area contributed by atoms with Gasteiger partial charge in [0.25, 0.3) is 0 Å². The first-order valence-corrected chi connectivity index (χ1v) is 10.4. The van der Waals surface area contributed by atoms with E-state index in [0.29, 0.717) is 5.88 Å². The Morgan fingerprint density at radius 3 is 2.42 bits per heavy atom. The number of furan rings is 1. The Kier molecular flexibility index (Phi) is 3.87. The fraction of sp³-hybridized carbons (Fsp3) is 0.0741.